The first-order valence-corrected chi connectivity index (χ1v) is 9.07. The maximum absolute atomic E-state index is 12.2. The van der Waals surface area contributed by atoms with E-state index < -0.39 is 0 Å². The number of hydrogen-bond acceptors (Lipinski definition) is 3. The third-order valence-electron chi connectivity index (χ3n) is 3.81. The molecular formula is C21H17IN2O2. The molecule has 0 saturated heterocycles. The minimum Gasteiger partial charge on any atom is -0.496 e. The molecule has 0 aliphatic carbocycles. The van der Waals surface area contributed by atoms with Crippen molar-refractivity contribution in [2.75, 3.05) is 7.11 Å². The smallest absolute Gasteiger partial charge is 0.271 e. The van der Waals surface area contributed by atoms with Crippen molar-refractivity contribution in [1.82, 2.24) is 5.43 Å². The summed E-state index contributed by atoms with van der Waals surface area (Å²) in [5.41, 5.74) is 6.29. The fourth-order valence-electron chi connectivity index (χ4n) is 2.43. The molecule has 0 radical (unpaired) electrons. The monoisotopic (exact) mass is 456 g/mol. The van der Waals surface area contributed by atoms with Crippen LogP contribution in [0.3, 0.4) is 0 Å². The lowest BCUT2D eigenvalue weighted by molar-refractivity contribution is 0.0955. The third kappa shape index (κ3) is 4.49. The van der Waals surface area contributed by atoms with Crippen LogP contribution in [-0.2, 0) is 0 Å². The summed E-state index contributed by atoms with van der Waals surface area (Å²) in [7, 11) is 1.60. The number of benzene rings is 3. The number of nitrogens with zero attached hydrogens (tertiary/aromatic N) is 1. The molecule has 0 atom stereocenters. The lowest BCUT2D eigenvalue weighted by Gasteiger charge is -2.05. The van der Waals surface area contributed by atoms with E-state index in [0.717, 1.165) is 20.4 Å². The van der Waals surface area contributed by atoms with Crippen molar-refractivity contribution >= 4 is 34.7 Å². The Labute approximate surface area is 166 Å². The van der Waals surface area contributed by atoms with Crippen LogP contribution >= 0.6 is 22.6 Å². The van der Waals surface area contributed by atoms with Crippen LogP contribution in [0.4, 0.5) is 0 Å². The molecule has 26 heavy (non-hydrogen) atoms. The minimum absolute atomic E-state index is 0.261. The SMILES string of the molecule is COc1ccc(C(=O)NN=Cc2ccc(-c3ccccc3)cc2)cc1I. The molecular weight excluding hydrogens is 439 g/mol. The number of amides is 1. The summed E-state index contributed by atoms with van der Waals surface area (Å²) in [5, 5.41) is 4.03. The van der Waals surface area contributed by atoms with Gasteiger partial charge in [0.25, 0.3) is 5.91 Å². The number of methoxy groups -OCH3 is 1. The molecule has 0 heterocycles. The van der Waals surface area contributed by atoms with Crippen molar-refractivity contribution in [2.45, 2.75) is 0 Å². The van der Waals surface area contributed by atoms with Gasteiger partial charge in [0, 0.05) is 5.56 Å². The Morgan fingerprint density at radius 2 is 1.69 bits per heavy atom. The molecule has 0 aromatic heterocycles. The van der Waals surface area contributed by atoms with Crippen molar-refractivity contribution in [1.29, 1.82) is 0 Å². The van der Waals surface area contributed by atoms with Gasteiger partial charge in [0.15, 0.2) is 0 Å². The number of halogens is 1. The molecule has 3 rings (SSSR count). The van der Waals surface area contributed by atoms with Crippen LogP contribution in [0.2, 0.25) is 0 Å². The zero-order valence-electron chi connectivity index (χ0n) is 14.1. The molecule has 0 bridgehead atoms. The number of ether oxygens (including phenoxy) is 1. The van der Waals surface area contributed by atoms with Gasteiger partial charge in [0.05, 0.1) is 16.9 Å². The molecule has 0 aliphatic heterocycles. The number of hydrazone groups is 1. The van der Waals surface area contributed by atoms with Gasteiger partial charge in [0.1, 0.15) is 5.75 Å². The summed E-state index contributed by atoms with van der Waals surface area (Å²) in [5.74, 6) is 0.479. The average molecular weight is 456 g/mol. The van der Waals surface area contributed by atoms with E-state index in [1.165, 1.54) is 5.56 Å². The Kier molecular flexibility index (Phi) is 6.01. The number of carbonyl (C=O) groups excluding carboxylic acids is 1. The minimum atomic E-state index is -0.261. The summed E-state index contributed by atoms with van der Waals surface area (Å²) < 4.78 is 6.06. The fraction of sp³-hybridized carbons (Fsp3) is 0.0476. The van der Waals surface area contributed by atoms with Crippen LogP contribution in [0.1, 0.15) is 15.9 Å². The summed E-state index contributed by atoms with van der Waals surface area (Å²) in [6.45, 7) is 0. The molecule has 3 aromatic rings. The van der Waals surface area contributed by atoms with Crippen LogP contribution in [0, 0.1) is 3.57 Å². The normalized spacial score (nSPS) is 10.7. The molecule has 0 saturated carbocycles. The molecule has 1 N–H and O–H groups in total. The van der Waals surface area contributed by atoms with Crippen LogP contribution in [0.15, 0.2) is 77.9 Å². The zero-order chi connectivity index (χ0) is 18.4. The van der Waals surface area contributed by atoms with Gasteiger partial charge < -0.3 is 4.74 Å². The van der Waals surface area contributed by atoms with E-state index in [9.17, 15) is 4.79 Å². The first-order chi connectivity index (χ1) is 12.7. The van der Waals surface area contributed by atoms with Gasteiger partial charge >= 0.3 is 0 Å². The Hall–Kier alpha value is -2.67. The lowest BCUT2D eigenvalue weighted by atomic mass is 10.0. The highest BCUT2D eigenvalue weighted by atomic mass is 127. The van der Waals surface area contributed by atoms with E-state index in [2.05, 4.69) is 45.3 Å². The van der Waals surface area contributed by atoms with Crippen molar-refractivity contribution in [3.8, 4) is 16.9 Å². The van der Waals surface area contributed by atoms with Gasteiger partial charge in [0.2, 0.25) is 0 Å². The van der Waals surface area contributed by atoms with Gasteiger partial charge in [-0.3, -0.25) is 4.79 Å². The Morgan fingerprint density at radius 3 is 2.35 bits per heavy atom. The van der Waals surface area contributed by atoms with E-state index >= 15 is 0 Å². The quantitative estimate of drug-likeness (QED) is 0.343. The Balaban J connectivity index is 1.63. The Morgan fingerprint density at radius 1 is 1.00 bits per heavy atom. The number of nitrogens with one attached hydrogen (secondary N) is 1. The molecule has 0 aliphatic rings. The number of hydrogen-bond donors (Lipinski definition) is 1. The van der Waals surface area contributed by atoms with Crippen molar-refractivity contribution in [3.63, 3.8) is 0 Å². The van der Waals surface area contributed by atoms with Crippen LogP contribution in [0.5, 0.6) is 5.75 Å². The Bertz CT molecular complexity index is 923. The van der Waals surface area contributed by atoms with Gasteiger partial charge in [-0.05, 0) is 57.5 Å². The molecule has 3 aromatic carbocycles. The van der Waals surface area contributed by atoms with E-state index in [0.29, 0.717) is 5.56 Å². The van der Waals surface area contributed by atoms with E-state index in [4.69, 9.17) is 4.74 Å². The molecule has 1 amide bonds. The summed E-state index contributed by atoms with van der Waals surface area (Å²) >= 11 is 2.13. The molecule has 130 valence electrons. The summed E-state index contributed by atoms with van der Waals surface area (Å²) in [6, 6.07) is 23.4. The summed E-state index contributed by atoms with van der Waals surface area (Å²) in [4.78, 5) is 12.2. The topological polar surface area (TPSA) is 50.7 Å². The third-order valence-corrected chi connectivity index (χ3v) is 4.65. The molecule has 0 spiro atoms. The van der Waals surface area contributed by atoms with Crippen LogP contribution < -0.4 is 10.2 Å². The molecule has 0 fully saturated rings. The highest BCUT2D eigenvalue weighted by Gasteiger charge is 2.07. The number of rotatable bonds is 5. The van der Waals surface area contributed by atoms with Crippen molar-refractivity contribution < 1.29 is 9.53 Å². The van der Waals surface area contributed by atoms with Gasteiger partial charge in [-0.25, -0.2) is 5.43 Å². The van der Waals surface area contributed by atoms with Gasteiger partial charge in [-0.2, -0.15) is 5.10 Å². The largest absolute Gasteiger partial charge is 0.496 e. The second-order valence-electron chi connectivity index (χ2n) is 5.54. The van der Waals surface area contributed by atoms with Crippen molar-refractivity contribution in [2.24, 2.45) is 5.10 Å². The van der Waals surface area contributed by atoms with E-state index in [1.807, 2.05) is 42.5 Å². The highest BCUT2D eigenvalue weighted by molar-refractivity contribution is 14.1. The highest BCUT2D eigenvalue weighted by Crippen LogP contribution is 2.21. The predicted octanol–water partition coefficient (Wildman–Crippen LogP) is 4.73. The van der Waals surface area contributed by atoms with Crippen LogP contribution in [-0.4, -0.2) is 19.2 Å². The standard InChI is InChI=1S/C21H17IN2O2/c1-26-20-12-11-18(13-19(20)22)21(25)24-23-14-15-7-9-17(10-8-15)16-5-3-2-4-6-16/h2-14H,1H3,(H,24,25). The first-order valence-electron chi connectivity index (χ1n) is 8.00. The maximum atomic E-state index is 12.2. The first kappa shape index (κ1) is 18.1. The van der Waals surface area contributed by atoms with Crippen molar-refractivity contribution in [3.05, 3.63) is 87.5 Å². The zero-order valence-corrected chi connectivity index (χ0v) is 16.3. The van der Waals surface area contributed by atoms with Gasteiger partial charge in [-0.15, -0.1) is 0 Å². The number of carbonyl (C=O) groups is 1. The maximum Gasteiger partial charge on any atom is 0.271 e. The summed E-state index contributed by atoms with van der Waals surface area (Å²) in [6.07, 6.45) is 1.63. The molecule has 5 heteroatoms. The predicted molar refractivity (Wildman–Crippen MR) is 113 cm³/mol. The van der Waals surface area contributed by atoms with Gasteiger partial charge in [-0.1, -0.05) is 54.6 Å². The van der Waals surface area contributed by atoms with E-state index in [1.54, 1.807) is 31.5 Å². The average Bonchev–Trinajstić information content (AvgIpc) is 2.69. The second kappa shape index (κ2) is 8.62. The van der Waals surface area contributed by atoms with Crippen LogP contribution in [0.25, 0.3) is 11.1 Å². The fourth-order valence-corrected chi connectivity index (χ4v) is 3.17. The second-order valence-corrected chi connectivity index (χ2v) is 6.70. The van der Waals surface area contributed by atoms with E-state index in [-0.39, 0.29) is 5.91 Å². The molecule has 4 nitrogen and oxygen atoms in total. The molecule has 0 unspecified atom stereocenters. The lowest BCUT2D eigenvalue weighted by Crippen LogP contribution is -2.17.